The van der Waals surface area contributed by atoms with E-state index >= 15 is 0 Å². The first-order valence-corrected chi connectivity index (χ1v) is 30.7. The average molecular weight is 761 g/mol. The van der Waals surface area contributed by atoms with Crippen LogP contribution >= 0.6 is 24.8 Å². The van der Waals surface area contributed by atoms with Crippen LogP contribution in [0.4, 0.5) is 0 Å². The van der Waals surface area contributed by atoms with E-state index in [4.69, 9.17) is 0 Å². The van der Waals surface area contributed by atoms with E-state index in [0.717, 1.165) is 0 Å². The van der Waals surface area contributed by atoms with E-state index < -0.39 is 17.4 Å². The van der Waals surface area contributed by atoms with Crippen molar-refractivity contribution in [2.75, 3.05) is 0 Å². The molecule has 2 atom stereocenters. The molecule has 2 unspecified atom stereocenters. The fourth-order valence-electron chi connectivity index (χ4n) is 8.66. The molecular formula is C43H54Cl2SiZr. The smallest absolute Gasteiger partial charge is 0.147 e. The van der Waals surface area contributed by atoms with Crippen LogP contribution in [0.3, 0.4) is 0 Å². The van der Waals surface area contributed by atoms with E-state index in [1.165, 1.54) is 44.5 Å². The summed E-state index contributed by atoms with van der Waals surface area (Å²) in [5.74, 6) is 1.05. The van der Waals surface area contributed by atoms with Crippen LogP contribution in [0, 0.1) is 5.92 Å². The first-order chi connectivity index (χ1) is 21.1. The molecule has 0 saturated heterocycles. The van der Waals surface area contributed by atoms with Gasteiger partial charge in [0.15, 0.2) is 0 Å². The summed E-state index contributed by atoms with van der Waals surface area (Å²) in [5.41, 5.74) is 17.6. The van der Waals surface area contributed by atoms with Gasteiger partial charge in [0.1, 0.15) is 0 Å². The van der Waals surface area contributed by atoms with E-state index in [0.29, 0.717) is 19.1 Å². The number of fused-ring (bicyclic) bond motifs is 2. The molecule has 0 bridgehead atoms. The Bertz CT molecular complexity index is 1910. The quantitative estimate of drug-likeness (QED) is 0.172. The third kappa shape index (κ3) is 6.67. The van der Waals surface area contributed by atoms with Gasteiger partial charge >= 0.3 is 277 Å². The molecule has 4 heteroatoms. The second-order valence-electron chi connectivity index (χ2n) is 16.7. The fourth-order valence-corrected chi connectivity index (χ4v) is 29.2. The first kappa shape index (κ1) is 37.9. The summed E-state index contributed by atoms with van der Waals surface area (Å²) in [7, 11) is 0. The third-order valence-corrected chi connectivity index (χ3v) is 28.5. The molecule has 248 valence electrons. The zero-order valence-corrected chi connectivity index (χ0v) is 35.6. The van der Waals surface area contributed by atoms with Gasteiger partial charge in [0.2, 0.25) is 0 Å². The molecular weight excluding hydrogens is 707 g/mol. The molecule has 4 aromatic carbocycles. The standard InChI is InChI=1S/C21H23.C20H21.2CH3.2ClH.H2Si.Zr/c1-14(2)16-8-10-17(11-9-16)20-7-5-6-18-12-19(15(3)4)13-21(18)20;1-14-12-16-6-5-7-18(19(16)13-14)15-8-10-17(11-9-15)20(2,3)4;;;;;;/h5-15H,1-4H3;5-13H,1-4H3;2*1H3;2*1H;1H2;. The van der Waals surface area contributed by atoms with Crippen molar-refractivity contribution in [1.29, 1.82) is 0 Å². The monoisotopic (exact) mass is 758 g/mol. The van der Waals surface area contributed by atoms with Crippen molar-refractivity contribution in [2.24, 2.45) is 5.92 Å². The predicted octanol–water partition coefficient (Wildman–Crippen LogP) is 12.9. The zero-order chi connectivity index (χ0) is 32.5. The van der Waals surface area contributed by atoms with Gasteiger partial charge in [-0.25, -0.2) is 0 Å². The van der Waals surface area contributed by atoms with Crippen molar-refractivity contribution in [1.82, 2.24) is 0 Å². The van der Waals surface area contributed by atoms with Crippen molar-refractivity contribution in [2.45, 2.75) is 83.2 Å². The molecule has 0 amide bonds. The Morgan fingerprint density at radius 1 is 0.617 bits per heavy atom. The maximum atomic E-state index is 2.77. The summed E-state index contributed by atoms with van der Waals surface area (Å²) >= 11 is -3.65. The van der Waals surface area contributed by atoms with Gasteiger partial charge in [-0.15, -0.1) is 24.8 Å². The first-order valence-electron chi connectivity index (χ1n) is 17.0. The molecule has 0 radical (unpaired) electrons. The Kier molecular flexibility index (Phi) is 10.8. The van der Waals surface area contributed by atoms with Crippen LogP contribution in [-0.2, 0) is 22.8 Å². The SMILES string of the molecule is CC1=Cc2c(-c3ccc(C(C)(C)C)cc3)cccc2[CH]1[Zr]([CH3])([CH3])(=[SiH2])[CH]1C(C(C)C)=Cc2c(-c3ccc(C(C)C)cc3)cccc21.Cl.Cl. The second kappa shape index (κ2) is 13.4. The molecule has 0 heterocycles. The molecule has 4 aromatic rings. The van der Waals surface area contributed by atoms with Gasteiger partial charge in [-0.05, 0) is 0 Å². The second-order valence-corrected chi connectivity index (χ2v) is 47.2. The topological polar surface area (TPSA) is 0 Å². The Balaban J connectivity index is 0.00000250. The summed E-state index contributed by atoms with van der Waals surface area (Å²) < 4.78 is 6.56. The fraction of sp³-hybridized carbons (Fsp3) is 0.349. The van der Waals surface area contributed by atoms with Crippen LogP contribution in [0.5, 0.6) is 0 Å². The van der Waals surface area contributed by atoms with E-state index in [1.54, 1.807) is 22.3 Å². The minimum Gasteiger partial charge on any atom is -0.147 e. The number of benzene rings is 4. The minimum absolute atomic E-state index is 0. The van der Waals surface area contributed by atoms with Crippen LogP contribution in [0.15, 0.2) is 96.1 Å². The normalized spacial score (nSPS) is 17.5. The van der Waals surface area contributed by atoms with Gasteiger partial charge in [0.25, 0.3) is 0 Å². The van der Waals surface area contributed by atoms with Gasteiger partial charge < -0.3 is 0 Å². The number of halogens is 2. The minimum atomic E-state index is -3.65. The Morgan fingerprint density at radius 2 is 1.09 bits per heavy atom. The maximum Gasteiger partial charge on any atom is -0.147 e. The molecule has 2 aliphatic carbocycles. The largest absolute Gasteiger partial charge is 0.147 e. The summed E-state index contributed by atoms with van der Waals surface area (Å²) in [4.78, 5) is 0. The van der Waals surface area contributed by atoms with Crippen LogP contribution in [0.1, 0.15) is 102 Å². The maximum absolute atomic E-state index is 3.65. The van der Waals surface area contributed by atoms with Crippen molar-refractivity contribution >= 4 is 43.8 Å². The number of rotatable bonds is 6. The molecule has 2 aliphatic rings. The van der Waals surface area contributed by atoms with E-state index in [2.05, 4.69) is 169 Å². The van der Waals surface area contributed by atoms with Crippen molar-refractivity contribution in [3.63, 3.8) is 0 Å². The molecule has 0 fully saturated rings. The molecule has 47 heavy (non-hydrogen) atoms. The van der Waals surface area contributed by atoms with Gasteiger partial charge in [-0.1, -0.05) is 0 Å². The predicted molar refractivity (Wildman–Crippen MR) is 213 cm³/mol. The third-order valence-electron chi connectivity index (χ3n) is 10.9. The number of hydrogen-bond donors (Lipinski definition) is 0. The average Bonchev–Trinajstić information content (AvgIpc) is 3.56. The Labute approximate surface area is 299 Å². The molecule has 6 rings (SSSR count). The Morgan fingerprint density at radius 3 is 1.55 bits per heavy atom. The molecule has 0 saturated carbocycles. The van der Waals surface area contributed by atoms with Crippen LogP contribution in [0.25, 0.3) is 34.4 Å². The molecule has 0 nitrogen and oxygen atoms in total. The number of hydrogen-bond acceptors (Lipinski definition) is 0. The summed E-state index contributed by atoms with van der Waals surface area (Å²) in [6.07, 6.45) is 5.15. The molecule has 0 aromatic heterocycles. The number of allylic oxidation sites excluding steroid dienone is 2. The summed E-state index contributed by atoms with van der Waals surface area (Å²) in [6, 6.07) is 32.9. The van der Waals surface area contributed by atoms with Gasteiger partial charge in [0.05, 0.1) is 0 Å². The van der Waals surface area contributed by atoms with Crippen molar-refractivity contribution in [3.05, 3.63) is 129 Å². The molecule has 0 N–H and O–H groups in total. The van der Waals surface area contributed by atoms with E-state index in [-0.39, 0.29) is 30.2 Å². The van der Waals surface area contributed by atoms with Crippen LogP contribution in [0.2, 0.25) is 9.26 Å². The van der Waals surface area contributed by atoms with Crippen LogP contribution < -0.4 is 0 Å². The van der Waals surface area contributed by atoms with E-state index in [9.17, 15) is 0 Å². The van der Waals surface area contributed by atoms with Gasteiger partial charge in [0, 0.05) is 0 Å². The Hall–Kier alpha value is -1.96. The molecule has 0 aliphatic heterocycles. The molecule has 0 spiro atoms. The van der Waals surface area contributed by atoms with Gasteiger partial charge in [-0.2, -0.15) is 0 Å². The van der Waals surface area contributed by atoms with Gasteiger partial charge in [-0.3, -0.25) is 0 Å². The van der Waals surface area contributed by atoms with Crippen molar-refractivity contribution < 1.29 is 17.4 Å². The van der Waals surface area contributed by atoms with E-state index in [1.807, 2.05) is 0 Å². The van der Waals surface area contributed by atoms with Crippen molar-refractivity contribution in [3.8, 4) is 22.3 Å². The van der Waals surface area contributed by atoms with Crippen LogP contribution in [-0.4, -0.2) is 6.88 Å². The summed E-state index contributed by atoms with van der Waals surface area (Å²) in [5, 5.41) is 0. The summed E-state index contributed by atoms with van der Waals surface area (Å²) in [6.45, 7) is 21.1. The zero-order valence-electron chi connectivity index (χ0n) is 30.1.